The van der Waals surface area contributed by atoms with Crippen molar-refractivity contribution in [2.45, 2.75) is 20.0 Å². The van der Waals surface area contributed by atoms with E-state index >= 15 is 0 Å². The molecule has 0 fully saturated rings. The van der Waals surface area contributed by atoms with E-state index in [9.17, 15) is 0 Å². The van der Waals surface area contributed by atoms with Crippen molar-refractivity contribution in [1.29, 1.82) is 0 Å². The Bertz CT molecular complexity index is 549. The molecule has 2 aromatic rings. The molecule has 0 aliphatic heterocycles. The van der Waals surface area contributed by atoms with E-state index in [1.807, 2.05) is 12.4 Å². The molecule has 2 rings (SSSR count). The van der Waals surface area contributed by atoms with Gasteiger partial charge in [-0.15, -0.1) is 11.3 Å². The number of hydrogen-bond acceptors (Lipinski definition) is 4. The lowest BCUT2D eigenvalue weighted by atomic mass is 10.2. The second kappa shape index (κ2) is 6.83. The fraction of sp³-hybridized carbons (Fsp3) is 0.308. The normalized spacial score (nSPS) is 10.7. The number of benzene rings is 1. The molecule has 19 heavy (non-hydrogen) atoms. The van der Waals surface area contributed by atoms with Gasteiger partial charge in [-0.3, -0.25) is 0 Å². The number of methoxy groups -OCH3 is 1. The minimum absolute atomic E-state index is 0.804. The van der Waals surface area contributed by atoms with Gasteiger partial charge in [-0.25, -0.2) is 4.98 Å². The summed E-state index contributed by atoms with van der Waals surface area (Å²) < 4.78 is 7.20. The average molecular weight is 406 g/mol. The number of nitrogens with one attached hydrogen (secondary N) is 1. The van der Waals surface area contributed by atoms with E-state index < -0.39 is 0 Å². The number of aromatic nitrogens is 1. The number of aryl methyl sites for hydroxylation is 1. The molecule has 1 aromatic carbocycles. The first-order valence-corrected chi connectivity index (χ1v) is 8.20. The number of rotatable bonds is 5. The maximum Gasteiger partial charge on any atom is 0.147 e. The molecule has 0 unspecified atom stereocenters. The molecule has 0 saturated heterocycles. The Labute approximate surface area is 133 Å². The van der Waals surface area contributed by atoms with Crippen molar-refractivity contribution >= 4 is 43.2 Å². The summed E-state index contributed by atoms with van der Waals surface area (Å²) in [6.45, 7) is 3.68. The third kappa shape index (κ3) is 3.78. The van der Waals surface area contributed by atoms with Gasteiger partial charge < -0.3 is 10.1 Å². The van der Waals surface area contributed by atoms with Crippen LogP contribution in [-0.2, 0) is 13.1 Å². The molecule has 0 saturated carbocycles. The zero-order valence-electron chi connectivity index (χ0n) is 10.7. The van der Waals surface area contributed by atoms with Crippen molar-refractivity contribution in [2.75, 3.05) is 7.11 Å². The second-order valence-corrected chi connectivity index (χ2v) is 6.71. The molecule has 6 heteroatoms. The molecule has 0 atom stereocenters. The summed E-state index contributed by atoms with van der Waals surface area (Å²) >= 11 is 8.70. The highest BCUT2D eigenvalue weighted by Crippen LogP contribution is 2.34. The molecular formula is C13H14Br2N2OS. The summed E-state index contributed by atoms with van der Waals surface area (Å²) in [5.41, 5.74) is 4.18. The van der Waals surface area contributed by atoms with Crippen LogP contribution in [-0.4, -0.2) is 12.1 Å². The van der Waals surface area contributed by atoms with Gasteiger partial charge >= 0.3 is 0 Å². The van der Waals surface area contributed by atoms with Crippen LogP contribution in [0.2, 0.25) is 0 Å². The summed E-state index contributed by atoms with van der Waals surface area (Å²) in [4.78, 5) is 5.52. The Balaban J connectivity index is 1.99. The quantitative estimate of drug-likeness (QED) is 0.806. The van der Waals surface area contributed by atoms with Gasteiger partial charge in [0.2, 0.25) is 0 Å². The van der Waals surface area contributed by atoms with Crippen molar-refractivity contribution in [3.8, 4) is 5.75 Å². The topological polar surface area (TPSA) is 34.1 Å². The fourth-order valence-electron chi connectivity index (χ4n) is 1.73. The number of halogens is 2. The summed E-state index contributed by atoms with van der Waals surface area (Å²) in [5.74, 6) is 0.821. The van der Waals surface area contributed by atoms with E-state index in [-0.39, 0.29) is 0 Å². The van der Waals surface area contributed by atoms with Crippen LogP contribution < -0.4 is 10.1 Å². The molecule has 0 radical (unpaired) electrons. The number of nitrogens with zero attached hydrogens (tertiary/aromatic N) is 1. The predicted octanol–water partition coefficient (Wildman–Crippen LogP) is 4.27. The summed E-state index contributed by atoms with van der Waals surface area (Å²) in [5, 5.41) is 3.42. The third-order valence-electron chi connectivity index (χ3n) is 2.72. The van der Waals surface area contributed by atoms with Crippen LogP contribution >= 0.6 is 43.2 Å². The molecule has 0 amide bonds. The Morgan fingerprint density at radius 1 is 1.26 bits per heavy atom. The lowest BCUT2D eigenvalue weighted by molar-refractivity contribution is 0.409. The minimum Gasteiger partial charge on any atom is -0.494 e. The molecular weight excluding hydrogens is 392 g/mol. The maximum atomic E-state index is 5.29. The van der Waals surface area contributed by atoms with E-state index in [1.54, 1.807) is 18.4 Å². The molecule has 0 bridgehead atoms. The average Bonchev–Trinajstić information content (AvgIpc) is 2.75. The van der Waals surface area contributed by atoms with E-state index in [4.69, 9.17) is 4.74 Å². The van der Waals surface area contributed by atoms with Crippen molar-refractivity contribution in [1.82, 2.24) is 10.3 Å². The predicted molar refractivity (Wildman–Crippen MR) is 85.8 cm³/mol. The highest BCUT2D eigenvalue weighted by atomic mass is 79.9. The molecule has 0 aliphatic rings. The molecule has 1 heterocycles. The van der Waals surface area contributed by atoms with Crippen LogP contribution in [0.5, 0.6) is 5.75 Å². The van der Waals surface area contributed by atoms with Gasteiger partial charge in [-0.2, -0.15) is 0 Å². The van der Waals surface area contributed by atoms with Gasteiger partial charge in [0.05, 0.1) is 27.3 Å². The Kier molecular flexibility index (Phi) is 5.38. The first kappa shape index (κ1) is 15.0. The molecule has 1 N–H and O–H groups in total. The third-order valence-corrected chi connectivity index (χ3v) is 4.83. The Hall–Kier alpha value is -0.430. The minimum atomic E-state index is 0.804. The zero-order chi connectivity index (χ0) is 13.8. The van der Waals surface area contributed by atoms with Crippen LogP contribution in [0, 0.1) is 6.92 Å². The standard InChI is InChI=1S/C13H14Br2N2OS/c1-8-12(19-7-17-8)6-16-5-9-3-10(14)13(18-2)11(15)4-9/h3-4,7,16H,5-6H2,1-2H3. The van der Waals surface area contributed by atoms with Crippen molar-refractivity contribution < 1.29 is 4.74 Å². The zero-order valence-corrected chi connectivity index (χ0v) is 14.7. The van der Waals surface area contributed by atoms with Gasteiger partial charge in [-0.1, -0.05) is 0 Å². The first-order chi connectivity index (χ1) is 9.11. The first-order valence-electron chi connectivity index (χ1n) is 5.73. The number of thiazole rings is 1. The van der Waals surface area contributed by atoms with E-state index in [0.29, 0.717) is 0 Å². The van der Waals surface area contributed by atoms with E-state index in [1.165, 1.54) is 10.4 Å². The fourth-order valence-corrected chi connectivity index (χ4v) is 4.08. The van der Waals surface area contributed by atoms with Gasteiger partial charge in [0.1, 0.15) is 5.75 Å². The number of ether oxygens (including phenoxy) is 1. The van der Waals surface area contributed by atoms with Crippen molar-refractivity contribution in [3.05, 3.63) is 42.7 Å². The number of hydrogen-bond donors (Lipinski definition) is 1. The van der Waals surface area contributed by atoms with E-state index in [0.717, 1.165) is 33.5 Å². The van der Waals surface area contributed by atoms with Crippen LogP contribution in [0.25, 0.3) is 0 Å². The van der Waals surface area contributed by atoms with Crippen molar-refractivity contribution in [3.63, 3.8) is 0 Å². The van der Waals surface area contributed by atoms with Gasteiger partial charge in [0.15, 0.2) is 0 Å². The summed E-state index contributed by atoms with van der Waals surface area (Å²) in [7, 11) is 1.66. The molecule has 3 nitrogen and oxygen atoms in total. The monoisotopic (exact) mass is 404 g/mol. The Morgan fingerprint density at radius 3 is 2.47 bits per heavy atom. The lowest BCUT2D eigenvalue weighted by Gasteiger charge is -2.10. The van der Waals surface area contributed by atoms with Crippen LogP contribution in [0.3, 0.4) is 0 Å². The van der Waals surface area contributed by atoms with Gasteiger partial charge in [0.25, 0.3) is 0 Å². The largest absolute Gasteiger partial charge is 0.494 e. The molecule has 0 spiro atoms. The molecule has 1 aromatic heterocycles. The van der Waals surface area contributed by atoms with Crippen LogP contribution in [0.4, 0.5) is 0 Å². The SMILES string of the molecule is COc1c(Br)cc(CNCc2scnc2C)cc1Br. The second-order valence-electron chi connectivity index (χ2n) is 4.06. The Morgan fingerprint density at radius 2 is 1.95 bits per heavy atom. The molecule has 0 aliphatic carbocycles. The summed E-state index contributed by atoms with van der Waals surface area (Å²) in [6.07, 6.45) is 0. The highest BCUT2D eigenvalue weighted by Gasteiger charge is 2.08. The lowest BCUT2D eigenvalue weighted by Crippen LogP contribution is -2.12. The van der Waals surface area contributed by atoms with Crippen molar-refractivity contribution in [2.24, 2.45) is 0 Å². The summed E-state index contributed by atoms with van der Waals surface area (Å²) in [6, 6.07) is 4.13. The smallest absolute Gasteiger partial charge is 0.147 e. The molecule has 102 valence electrons. The van der Waals surface area contributed by atoms with Crippen LogP contribution in [0.15, 0.2) is 26.6 Å². The van der Waals surface area contributed by atoms with Gasteiger partial charge in [-0.05, 0) is 56.5 Å². The van der Waals surface area contributed by atoms with E-state index in [2.05, 4.69) is 54.3 Å². The van der Waals surface area contributed by atoms with Gasteiger partial charge in [0, 0.05) is 18.0 Å². The van der Waals surface area contributed by atoms with Crippen LogP contribution in [0.1, 0.15) is 16.1 Å². The maximum absolute atomic E-state index is 5.29. The highest BCUT2D eigenvalue weighted by molar-refractivity contribution is 9.11.